The molecule has 0 saturated carbocycles. The smallest absolute Gasteiger partial charge is 0.251 e. The van der Waals surface area contributed by atoms with Gasteiger partial charge in [0.2, 0.25) is 5.91 Å². The quantitative estimate of drug-likeness (QED) is 0.723. The van der Waals surface area contributed by atoms with Crippen LogP contribution in [0.3, 0.4) is 0 Å². The minimum absolute atomic E-state index is 0. The Morgan fingerprint density at radius 2 is 1.85 bits per heavy atom. The summed E-state index contributed by atoms with van der Waals surface area (Å²) in [5.41, 5.74) is 5.85. The molecule has 110 valence electrons. The third-order valence-electron chi connectivity index (χ3n) is 2.40. The maximum absolute atomic E-state index is 11.7. The Morgan fingerprint density at radius 3 is 2.30 bits per heavy atom. The molecule has 0 radical (unpaired) electrons. The van der Waals surface area contributed by atoms with E-state index >= 15 is 0 Å². The van der Waals surface area contributed by atoms with Crippen LogP contribution < -0.4 is 16.4 Å². The number of nitrogens with two attached hydrogens (primary N) is 1. The molecule has 0 unspecified atom stereocenters. The Hall–Kier alpha value is -1.85. The molecule has 1 rings (SSSR count). The van der Waals surface area contributed by atoms with E-state index in [-0.39, 0.29) is 24.2 Å². The summed E-state index contributed by atoms with van der Waals surface area (Å²) in [7, 11) is 0. The second-order valence-electron chi connectivity index (χ2n) is 4.75. The van der Waals surface area contributed by atoms with Gasteiger partial charge in [-0.25, -0.2) is 0 Å². The van der Waals surface area contributed by atoms with Gasteiger partial charge in [-0.2, -0.15) is 0 Å². The molecule has 0 aromatic heterocycles. The fraction of sp³-hybridized carbons (Fsp3) is 0.286. The lowest BCUT2D eigenvalue weighted by Crippen LogP contribution is -2.45. The molecule has 0 fully saturated rings. The molecule has 0 atom stereocenters. The first-order valence-electron chi connectivity index (χ1n) is 5.94. The van der Waals surface area contributed by atoms with Crippen LogP contribution in [0.2, 0.25) is 0 Å². The highest BCUT2D eigenvalue weighted by molar-refractivity contribution is 5.98. The number of halogens is 1. The van der Waals surface area contributed by atoms with E-state index in [4.69, 9.17) is 5.73 Å². The SMILES string of the molecule is C=CCNC(=O)c1ccc(NC(=O)C(C)(C)N)cc1.Cl. The highest BCUT2D eigenvalue weighted by atomic mass is 35.5. The minimum Gasteiger partial charge on any atom is -0.349 e. The van der Waals surface area contributed by atoms with E-state index in [9.17, 15) is 9.59 Å². The Labute approximate surface area is 125 Å². The van der Waals surface area contributed by atoms with Crippen LogP contribution >= 0.6 is 12.4 Å². The zero-order chi connectivity index (χ0) is 14.5. The first-order valence-corrected chi connectivity index (χ1v) is 5.94. The fourth-order valence-corrected chi connectivity index (χ4v) is 1.26. The normalized spacial score (nSPS) is 10.2. The predicted molar refractivity (Wildman–Crippen MR) is 83.1 cm³/mol. The molecule has 0 spiro atoms. The van der Waals surface area contributed by atoms with E-state index in [1.807, 2.05) is 0 Å². The van der Waals surface area contributed by atoms with Gasteiger partial charge in [-0.15, -0.1) is 19.0 Å². The van der Waals surface area contributed by atoms with Crippen molar-refractivity contribution in [2.75, 3.05) is 11.9 Å². The summed E-state index contributed by atoms with van der Waals surface area (Å²) >= 11 is 0. The van der Waals surface area contributed by atoms with Crippen LogP contribution in [0.15, 0.2) is 36.9 Å². The van der Waals surface area contributed by atoms with Crippen molar-refractivity contribution in [1.82, 2.24) is 5.32 Å². The van der Waals surface area contributed by atoms with Crippen molar-refractivity contribution in [3.8, 4) is 0 Å². The minimum atomic E-state index is -0.944. The standard InChI is InChI=1S/C14H19N3O2.ClH/c1-4-9-16-12(18)10-5-7-11(8-6-10)17-13(19)14(2,3)15;/h4-8H,1,9,15H2,2-3H3,(H,16,18)(H,17,19);1H. The summed E-state index contributed by atoms with van der Waals surface area (Å²) in [4.78, 5) is 23.3. The number of amides is 2. The van der Waals surface area contributed by atoms with Gasteiger partial charge in [0.25, 0.3) is 5.91 Å². The van der Waals surface area contributed by atoms with Crippen molar-refractivity contribution in [3.05, 3.63) is 42.5 Å². The third-order valence-corrected chi connectivity index (χ3v) is 2.40. The zero-order valence-electron chi connectivity index (χ0n) is 11.6. The summed E-state index contributed by atoms with van der Waals surface area (Å²) in [5, 5.41) is 5.35. The molecule has 0 bridgehead atoms. The molecule has 4 N–H and O–H groups in total. The Kier molecular flexibility index (Phi) is 6.96. The lowest BCUT2D eigenvalue weighted by atomic mass is 10.1. The molecule has 2 amide bonds. The molecule has 20 heavy (non-hydrogen) atoms. The van der Waals surface area contributed by atoms with Crippen LogP contribution in [0.1, 0.15) is 24.2 Å². The average Bonchev–Trinajstić information content (AvgIpc) is 2.35. The number of carbonyl (C=O) groups is 2. The van der Waals surface area contributed by atoms with Crippen molar-refractivity contribution >= 4 is 29.9 Å². The molecule has 0 aliphatic rings. The van der Waals surface area contributed by atoms with E-state index in [0.29, 0.717) is 17.8 Å². The van der Waals surface area contributed by atoms with Gasteiger partial charge in [-0.1, -0.05) is 6.08 Å². The van der Waals surface area contributed by atoms with Crippen LogP contribution in [-0.2, 0) is 4.79 Å². The van der Waals surface area contributed by atoms with E-state index in [2.05, 4.69) is 17.2 Å². The summed E-state index contributed by atoms with van der Waals surface area (Å²) in [6.45, 7) is 7.19. The topological polar surface area (TPSA) is 84.2 Å². The second kappa shape index (κ2) is 7.67. The van der Waals surface area contributed by atoms with Crippen LogP contribution in [0.4, 0.5) is 5.69 Å². The van der Waals surface area contributed by atoms with Gasteiger partial charge in [0.05, 0.1) is 5.54 Å². The number of carbonyl (C=O) groups excluding carboxylic acids is 2. The maximum Gasteiger partial charge on any atom is 0.251 e. The fourth-order valence-electron chi connectivity index (χ4n) is 1.26. The summed E-state index contributed by atoms with van der Waals surface area (Å²) in [6, 6.07) is 6.59. The first-order chi connectivity index (χ1) is 8.84. The number of anilines is 1. The molecule has 0 saturated heterocycles. The van der Waals surface area contributed by atoms with Gasteiger partial charge < -0.3 is 16.4 Å². The van der Waals surface area contributed by atoms with Crippen molar-refractivity contribution in [1.29, 1.82) is 0 Å². The number of hydrogen-bond donors (Lipinski definition) is 3. The van der Waals surface area contributed by atoms with E-state index in [1.54, 1.807) is 44.2 Å². The van der Waals surface area contributed by atoms with Crippen LogP contribution in [0.5, 0.6) is 0 Å². The number of benzene rings is 1. The zero-order valence-corrected chi connectivity index (χ0v) is 12.4. The molecule has 6 heteroatoms. The lowest BCUT2D eigenvalue weighted by molar-refractivity contribution is -0.120. The summed E-state index contributed by atoms with van der Waals surface area (Å²) < 4.78 is 0. The van der Waals surface area contributed by atoms with Crippen LogP contribution in [0.25, 0.3) is 0 Å². The summed E-state index contributed by atoms with van der Waals surface area (Å²) in [5.74, 6) is -0.465. The molecule has 0 aliphatic heterocycles. The lowest BCUT2D eigenvalue weighted by Gasteiger charge is -2.17. The number of hydrogen-bond acceptors (Lipinski definition) is 3. The molecule has 1 aromatic rings. The molecular formula is C14H20ClN3O2. The average molecular weight is 298 g/mol. The molecular weight excluding hydrogens is 278 g/mol. The highest BCUT2D eigenvalue weighted by Gasteiger charge is 2.21. The van der Waals surface area contributed by atoms with E-state index < -0.39 is 5.54 Å². The van der Waals surface area contributed by atoms with Crippen molar-refractivity contribution < 1.29 is 9.59 Å². The largest absolute Gasteiger partial charge is 0.349 e. The monoisotopic (exact) mass is 297 g/mol. The first kappa shape index (κ1) is 18.1. The van der Waals surface area contributed by atoms with Crippen molar-refractivity contribution in [2.24, 2.45) is 5.73 Å². The Morgan fingerprint density at radius 1 is 1.30 bits per heavy atom. The van der Waals surface area contributed by atoms with Crippen molar-refractivity contribution in [2.45, 2.75) is 19.4 Å². The third kappa shape index (κ3) is 5.42. The van der Waals surface area contributed by atoms with E-state index in [0.717, 1.165) is 0 Å². The van der Waals surface area contributed by atoms with Gasteiger partial charge >= 0.3 is 0 Å². The second-order valence-corrected chi connectivity index (χ2v) is 4.75. The number of rotatable bonds is 5. The van der Waals surface area contributed by atoms with Crippen LogP contribution in [0, 0.1) is 0 Å². The van der Waals surface area contributed by atoms with Gasteiger partial charge in [0.1, 0.15) is 0 Å². The molecule has 5 nitrogen and oxygen atoms in total. The summed E-state index contributed by atoms with van der Waals surface area (Å²) in [6.07, 6.45) is 1.61. The van der Waals surface area contributed by atoms with Gasteiger partial charge in [0.15, 0.2) is 0 Å². The van der Waals surface area contributed by atoms with Gasteiger partial charge in [-0.05, 0) is 38.1 Å². The molecule has 0 heterocycles. The Bertz CT molecular complexity index is 478. The van der Waals surface area contributed by atoms with E-state index in [1.165, 1.54) is 0 Å². The van der Waals surface area contributed by atoms with Crippen molar-refractivity contribution in [3.63, 3.8) is 0 Å². The molecule has 1 aromatic carbocycles. The highest BCUT2D eigenvalue weighted by Crippen LogP contribution is 2.11. The van der Waals surface area contributed by atoms with Crippen LogP contribution in [-0.4, -0.2) is 23.9 Å². The van der Waals surface area contributed by atoms with Gasteiger partial charge in [-0.3, -0.25) is 9.59 Å². The maximum atomic E-state index is 11.7. The Balaban J connectivity index is 0.00000361. The van der Waals surface area contributed by atoms with Gasteiger partial charge in [0, 0.05) is 17.8 Å². The number of nitrogens with one attached hydrogen (secondary N) is 2. The predicted octanol–water partition coefficient (Wildman–Crippen LogP) is 1.70. The molecule has 0 aliphatic carbocycles.